The van der Waals surface area contributed by atoms with Gasteiger partial charge in [0.05, 0.1) is 6.04 Å². The number of carboxylic acids is 1. The lowest BCUT2D eigenvalue weighted by molar-refractivity contribution is -0.139. The molecular formula is C22H41N3O4. The summed E-state index contributed by atoms with van der Waals surface area (Å²) in [6.07, 6.45) is 5.64. The van der Waals surface area contributed by atoms with Gasteiger partial charge in [0.2, 0.25) is 11.8 Å². The van der Waals surface area contributed by atoms with E-state index in [4.69, 9.17) is 5.11 Å². The first-order valence-electron chi connectivity index (χ1n) is 10.5. The number of piperidine rings is 1. The molecule has 1 aliphatic rings. The fraction of sp³-hybridized carbons (Fsp3) is 0.773. The molecule has 0 aromatic heterocycles. The van der Waals surface area contributed by atoms with Crippen LogP contribution in [-0.4, -0.2) is 72.0 Å². The van der Waals surface area contributed by atoms with Crippen LogP contribution in [0.25, 0.3) is 0 Å². The molecule has 0 aromatic rings. The predicted molar refractivity (Wildman–Crippen MR) is 117 cm³/mol. The van der Waals surface area contributed by atoms with Crippen molar-refractivity contribution in [3.63, 3.8) is 0 Å². The molecule has 1 aliphatic heterocycles. The zero-order chi connectivity index (χ0) is 22.8. The first-order valence-corrected chi connectivity index (χ1v) is 10.5. The topological polar surface area (TPSA) is 90.0 Å². The molecule has 0 saturated carbocycles. The first kappa shape index (κ1) is 27.1. The van der Waals surface area contributed by atoms with Crippen molar-refractivity contribution in [2.45, 2.75) is 79.3 Å². The van der Waals surface area contributed by atoms with Gasteiger partial charge in [-0.25, -0.2) is 4.79 Å². The maximum absolute atomic E-state index is 12.9. The molecule has 2 amide bonds. The molecule has 1 rings (SSSR count). The molecule has 0 radical (unpaired) electrons. The van der Waals surface area contributed by atoms with Gasteiger partial charge < -0.3 is 15.3 Å². The number of carbonyl (C=O) groups is 3. The highest BCUT2D eigenvalue weighted by atomic mass is 16.4. The minimum Gasteiger partial charge on any atom is -0.478 e. The van der Waals surface area contributed by atoms with Crippen LogP contribution in [0.15, 0.2) is 11.6 Å². The fourth-order valence-electron chi connectivity index (χ4n) is 2.97. The summed E-state index contributed by atoms with van der Waals surface area (Å²) in [5, 5.41) is 11.9. The third kappa shape index (κ3) is 9.43. The minimum absolute atomic E-state index is 0.119. The molecule has 0 spiro atoms. The van der Waals surface area contributed by atoms with Crippen molar-refractivity contribution in [1.29, 1.82) is 0 Å². The van der Waals surface area contributed by atoms with E-state index >= 15 is 0 Å². The van der Waals surface area contributed by atoms with Crippen molar-refractivity contribution < 1.29 is 19.5 Å². The Kier molecular flexibility index (Phi) is 11.8. The standard InChI is InChI=1S/C19H33N3O4.C3H8/c1-13(18(25)26)10-12-22(6)17(24)15(19(2,3)4)20-16(23)14-9-7-8-11-21(14)5;1-3-2/h10,14-15H,7-9,11-12H2,1-6H3,(H,20,23)(H,25,26);3H2,1-2H3/b13-10+;/t14-,15-;/m0./s1. The fourth-order valence-corrected chi connectivity index (χ4v) is 2.97. The van der Waals surface area contributed by atoms with E-state index in [2.05, 4.69) is 19.2 Å². The zero-order valence-electron chi connectivity index (χ0n) is 19.5. The van der Waals surface area contributed by atoms with Gasteiger partial charge in [-0.2, -0.15) is 0 Å². The second-order valence-electron chi connectivity index (χ2n) is 8.92. The number of carbonyl (C=O) groups excluding carboxylic acids is 2. The van der Waals surface area contributed by atoms with Gasteiger partial charge in [-0.15, -0.1) is 0 Å². The molecule has 0 bridgehead atoms. The van der Waals surface area contributed by atoms with Gasteiger partial charge in [-0.3, -0.25) is 14.5 Å². The van der Waals surface area contributed by atoms with Crippen LogP contribution in [0, 0.1) is 5.41 Å². The summed E-state index contributed by atoms with van der Waals surface area (Å²) in [4.78, 5) is 40.0. The van der Waals surface area contributed by atoms with Crippen LogP contribution >= 0.6 is 0 Å². The highest BCUT2D eigenvalue weighted by molar-refractivity contribution is 5.90. The quantitative estimate of drug-likeness (QED) is 0.656. The molecule has 1 fully saturated rings. The van der Waals surface area contributed by atoms with Gasteiger partial charge in [-0.05, 0) is 38.8 Å². The summed E-state index contributed by atoms with van der Waals surface area (Å²) in [5.74, 6) is -1.35. The van der Waals surface area contributed by atoms with Crippen LogP contribution in [0.1, 0.15) is 67.2 Å². The number of likely N-dealkylation sites (N-methyl/N-ethyl adjacent to an activating group) is 2. The van der Waals surface area contributed by atoms with Gasteiger partial charge in [-0.1, -0.05) is 53.5 Å². The second-order valence-corrected chi connectivity index (χ2v) is 8.92. The molecule has 0 aliphatic carbocycles. The number of carboxylic acid groups (broad SMARTS) is 1. The minimum atomic E-state index is -1.01. The number of nitrogens with zero attached hydrogens (tertiary/aromatic N) is 2. The van der Waals surface area contributed by atoms with Crippen LogP contribution in [0.3, 0.4) is 0 Å². The monoisotopic (exact) mass is 411 g/mol. The van der Waals surface area contributed by atoms with Gasteiger partial charge in [0.1, 0.15) is 6.04 Å². The van der Waals surface area contributed by atoms with E-state index in [1.54, 1.807) is 7.05 Å². The average molecular weight is 412 g/mol. The van der Waals surface area contributed by atoms with Gasteiger partial charge in [0.25, 0.3) is 0 Å². The summed E-state index contributed by atoms with van der Waals surface area (Å²) in [6.45, 7) is 12.5. The highest BCUT2D eigenvalue weighted by Gasteiger charge is 2.37. The second kappa shape index (κ2) is 12.6. The van der Waals surface area contributed by atoms with Crippen LogP contribution in [-0.2, 0) is 14.4 Å². The molecule has 1 saturated heterocycles. The molecule has 168 valence electrons. The molecular weight excluding hydrogens is 370 g/mol. The van der Waals surface area contributed by atoms with E-state index in [1.165, 1.54) is 24.3 Å². The Balaban J connectivity index is 0.00000245. The largest absolute Gasteiger partial charge is 0.478 e. The Morgan fingerprint density at radius 2 is 1.79 bits per heavy atom. The Morgan fingerprint density at radius 1 is 1.24 bits per heavy atom. The molecule has 1 heterocycles. The van der Waals surface area contributed by atoms with Crippen molar-refractivity contribution in [3.8, 4) is 0 Å². The zero-order valence-corrected chi connectivity index (χ0v) is 19.5. The lowest BCUT2D eigenvalue weighted by Gasteiger charge is -2.37. The Bertz CT molecular complexity index is 581. The Morgan fingerprint density at radius 3 is 2.24 bits per heavy atom. The van der Waals surface area contributed by atoms with Crippen LogP contribution in [0.5, 0.6) is 0 Å². The van der Waals surface area contributed by atoms with Gasteiger partial charge in [0, 0.05) is 19.2 Å². The van der Waals surface area contributed by atoms with Crippen molar-refractivity contribution in [1.82, 2.24) is 15.1 Å². The molecule has 0 unspecified atom stereocenters. The number of likely N-dealkylation sites (tertiary alicyclic amines) is 1. The summed E-state index contributed by atoms with van der Waals surface area (Å²) in [6, 6.07) is -0.880. The third-order valence-electron chi connectivity index (χ3n) is 4.86. The number of hydrogen-bond acceptors (Lipinski definition) is 4. The molecule has 2 N–H and O–H groups in total. The van der Waals surface area contributed by atoms with Crippen molar-refractivity contribution in [2.75, 3.05) is 27.2 Å². The van der Waals surface area contributed by atoms with Crippen molar-refractivity contribution in [3.05, 3.63) is 11.6 Å². The van der Waals surface area contributed by atoms with E-state index in [1.807, 2.05) is 32.7 Å². The lowest BCUT2D eigenvalue weighted by Crippen LogP contribution is -2.58. The summed E-state index contributed by atoms with van der Waals surface area (Å²) in [7, 11) is 3.55. The maximum Gasteiger partial charge on any atom is 0.331 e. The van der Waals surface area contributed by atoms with Crippen LogP contribution in [0.2, 0.25) is 0 Å². The molecule has 7 nitrogen and oxygen atoms in total. The molecule has 7 heteroatoms. The normalized spacial score (nSPS) is 18.9. The van der Waals surface area contributed by atoms with Gasteiger partial charge in [0.15, 0.2) is 0 Å². The lowest BCUT2D eigenvalue weighted by atomic mass is 9.85. The van der Waals surface area contributed by atoms with E-state index < -0.39 is 17.4 Å². The van der Waals surface area contributed by atoms with E-state index in [-0.39, 0.29) is 30.0 Å². The van der Waals surface area contributed by atoms with Crippen LogP contribution in [0.4, 0.5) is 0 Å². The smallest absolute Gasteiger partial charge is 0.331 e. The maximum atomic E-state index is 12.9. The first-order chi connectivity index (χ1) is 13.4. The number of nitrogens with one attached hydrogen (secondary N) is 1. The van der Waals surface area contributed by atoms with Crippen molar-refractivity contribution in [2.24, 2.45) is 5.41 Å². The van der Waals surface area contributed by atoms with Crippen LogP contribution < -0.4 is 5.32 Å². The SMILES string of the molecule is C/C(=C\CN(C)C(=O)[C@H](NC(=O)[C@@H]1CCCCN1C)C(C)(C)C)C(=O)O.CCC. The number of aliphatic carboxylic acids is 1. The van der Waals surface area contributed by atoms with E-state index in [0.29, 0.717) is 0 Å². The predicted octanol–water partition coefficient (Wildman–Crippen LogP) is 2.91. The van der Waals surface area contributed by atoms with E-state index in [0.717, 1.165) is 25.8 Å². The molecule has 29 heavy (non-hydrogen) atoms. The average Bonchev–Trinajstić information content (AvgIpc) is 2.63. The summed E-state index contributed by atoms with van der Waals surface area (Å²) in [5.41, 5.74) is -0.274. The molecule has 0 aromatic carbocycles. The number of rotatable bonds is 6. The summed E-state index contributed by atoms with van der Waals surface area (Å²) < 4.78 is 0. The Hall–Kier alpha value is -1.89. The number of hydrogen-bond donors (Lipinski definition) is 2. The van der Waals surface area contributed by atoms with E-state index in [9.17, 15) is 14.4 Å². The van der Waals surface area contributed by atoms with Gasteiger partial charge >= 0.3 is 5.97 Å². The van der Waals surface area contributed by atoms with Crippen molar-refractivity contribution >= 4 is 17.8 Å². The summed E-state index contributed by atoms with van der Waals surface area (Å²) >= 11 is 0. The molecule has 2 atom stereocenters. The Labute approximate surface area is 176 Å². The highest BCUT2D eigenvalue weighted by Crippen LogP contribution is 2.22. The third-order valence-corrected chi connectivity index (χ3v) is 4.86. The number of amides is 2.